The Labute approximate surface area is 209 Å². The summed E-state index contributed by atoms with van der Waals surface area (Å²) >= 11 is 1.01. The summed E-state index contributed by atoms with van der Waals surface area (Å²) in [6.07, 6.45) is 1.58. The van der Waals surface area contributed by atoms with Crippen LogP contribution in [0.15, 0.2) is 77.6 Å². The average Bonchev–Trinajstić information content (AvgIpc) is 3.18. The van der Waals surface area contributed by atoms with E-state index in [0.29, 0.717) is 16.9 Å². The fraction of sp³-hybridized carbons (Fsp3) is 0.0741. The zero-order chi connectivity index (χ0) is 25.8. The summed E-state index contributed by atoms with van der Waals surface area (Å²) in [7, 11) is 0. The van der Waals surface area contributed by atoms with Gasteiger partial charge in [-0.05, 0) is 66.9 Å². The lowest BCUT2D eigenvalue weighted by atomic mass is 10.1. The SMILES string of the molecule is Cc1ccc(C)c(NC(=O)/C(C#N)=c2\s/c(=C/c3ccc([N+](=O)[O-])cc3)c(=O)n2-c2ccccc2)c1. The van der Waals surface area contributed by atoms with Crippen molar-refractivity contribution in [2.45, 2.75) is 13.8 Å². The van der Waals surface area contributed by atoms with Crippen LogP contribution in [0.2, 0.25) is 0 Å². The number of hydrogen-bond donors (Lipinski definition) is 1. The predicted molar refractivity (Wildman–Crippen MR) is 139 cm³/mol. The molecule has 0 saturated carbocycles. The molecule has 178 valence electrons. The number of hydrogen-bond acceptors (Lipinski definition) is 6. The molecule has 1 heterocycles. The molecule has 4 rings (SSSR count). The number of nitrogens with one attached hydrogen (secondary N) is 1. The number of carbonyl (C=O) groups excluding carboxylic acids is 1. The zero-order valence-electron chi connectivity index (χ0n) is 19.4. The maximum atomic E-state index is 13.4. The van der Waals surface area contributed by atoms with E-state index in [1.807, 2.05) is 38.1 Å². The van der Waals surface area contributed by atoms with Gasteiger partial charge in [0.1, 0.15) is 10.7 Å². The zero-order valence-corrected chi connectivity index (χ0v) is 20.2. The van der Waals surface area contributed by atoms with Gasteiger partial charge in [-0.15, -0.1) is 11.3 Å². The number of benzene rings is 3. The lowest BCUT2D eigenvalue weighted by Crippen LogP contribution is -2.32. The molecule has 1 N–H and O–H groups in total. The van der Waals surface area contributed by atoms with Crippen LogP contribution in [0.1, 0.15) is 16.7 Å². The van der Waals surface area contributed by atoms with Crippen molar-refractivity contribution in [3.05, 3.63) is 119 Å². The monoisotopic (exact) mass is 496 g/mol. The second-order valence-corrected chi connectivity index (χ2v) is 9.03. The van der Waals surface area contributed by atoms with Crippen LogP contribution >= 0.6 is 11.3 Å². The van der Waals surface area contributed by atoms with Gasteiger partial charge in [-0.3, -0.25) is 24.3 Å². The highest BCUT2D eigenvalue weighted by Gasteiger charge is 2.18. The van der Waals surface area contributed by atoms with E-state index in [-0.39, 0.29) is 20.5 Å². The molecule has 0 aliphatic carbocycles. The van der Waals surface area contributed by atoms with Crippen LogP contribution < -0.4 is 20.1 Å². The molecular formula is C27H20N4O4S. The van der Waals surface area contributed by atoms with Crippen LogP contribution in [-0.4, -0.2) is 15.4 Å². The number of nitriles is 1. The summed E-state index contributed by atoms with van der Waals surface area (Å²) in [6.45, 7) is 3.75. The van der Waals surface area contributed by atoms with Crippen molar-refractivity contribution in [2.75, 3.05) is 5.32 Å². The predicted octanol–water partition coefficient (Wildman–Crippen LogP) is 3.57. The number of amides is 1. The van der Waals surface area contributed by atoms with Crippen molar-refractivity contribution in [3.63, 3.8) is 0 Å². The van der Waals surface area contributed by atoms with Crippen molar-refractivity contribution < 1.29 is 9.72 Å². The fourth-order valence-electron chi connectivity index (χ4n) is 3.56. The van der Waals surface area contributed by atoms with E-state index in [2.05, 4.69) is 5.32 Å². The van der Waals surface area contributed by atoms with E-state index in [0.717, 1.165) is 22.5 Å². The minimum Gasteiger partial charge on any atom is -0.321 e. The number of nitro groups is 1. The highest BCUT2D eigenvalue weighted by atomic mass is 32.1. The van der Waals surface area contributed by atoms with Crippen molar-refractivity contribution in [2.24, 2.45) is 0 Å². The quantitative estimate of drug-likeness (QED) is 0.335. The topological polar surface area (TPSA) is 118 Å². The molecule has 0 unspecified atom stereocenters. The Morgan fingerprint density at radius 3 is 2.42 bits per heavy atom. The molecular weight excluding hydrogens is 476 g/mol. The normalized spacial score (nSPS) is 12.1. The molecule has 3 aromatic carbocycles. The molecule has 0 bridgehead atoms. The molecule has 0 atom stereocenters. The number of para-hydroxylation sites is 1. The van der Waals surface area contributed by atoms with E-state index in [9.17, 15) is 25.0 Å². The molecule has 0 saturated heterocycles. The number of aromatic nitrogens is 1. The number of aryl methyl sites for hydroxylation is 2. The van der Waals surface area contributed by atoms with Crippen molar-refractivity contribution in [1.29, 1.82) is 5.26 Å². The Bertz CT molecular complexity index is 1700. The lowest BCUT2D eigenvalue weighted by Gasteiger charge is -2.09. The van der Waals surface area contributed by atoms with Crippen LogP contribution in [0.25, 0.3) is 17.3 Å². The molecule has 0 radical (unpaired) electrons. The summed E-state index contributed by atoms with van der Waals surface area (Å²) in [6, 6.07) is 22.1. The first-order chi connectivity index (χ1) is 17.3. The van der Waals surface area contributed by atoms with Crippen molar-refractivity contribution in [1.82, 2.24) is 4.57 Å². The summed E-state index contributed by atoms with van der Waals surface area (Å²) in [5, 5.41) is 23.7. The van der Waals surface area contributed by atoms with E-state index in [1.165, 1.54) is 28.8 Å². The van der Waals surface area contributed by atoms with E-state index < -0.39 is 16.4 Å². The number of thiazole rings is 1. The van der Waals surface area contributed by atoms with Crippen LogP contribution in [0.5, 0.6) is 0 Å². The summed E-state index contributed by atoms with van der Waals surface area (Å²) in [5.74, 6) is -0.626. The number of nitro benzene ring substituents is 1. The summed E-state index contributed by atoms with van der Waals surface area (Å²) < 4.78 is 1.79. The molecule has 0 aliphatic rings. The van der Waals surface area contributed by atoms with Gasteiger partial charge in [-0.1, -0.05) is 30.3 Å². The van der Waals surface area contributed by atoms with Gasteiger partial charge in [0, 0.05) is 17.8 Å². The van der Waals surface area contributed by atoms with Gasteiger partial charge in [0.05, 0.1) is 15.1 Å². The molecule has 1 amide bonds. The van der Waals surface area contributed by atoms with Crippen LogP contribution in [0.4, 0.5) is 11.4 Å². The fourth-order valence-corrected chi connectivity index (χ4v) is 4.66. The van der Waals surface area contributed by atoms with Gasteiger partial charge in [0.2, 0.25) is 0 Å². The smallest absolute Gasteiger partial charge is 0.273 e. The summed E-state index contributed by atoms with van der Waals surface area (Å²) in [5.41, 5.74) is 2.77. The van der Waals surface area contributed by atoms with Gasteiger partial charge in [-0.2, -0.15) is 5.26 Å². The molecule has 0 fully saturated rings. The van der Waals surface area contributed by atoms with Crippen LogP contribution in [-0.2, 0) is 4.79 Å². The number of anilines is 1. The Hall–Kier alpha value is -4.81. The molecule has 0 aliphatic heterocycles. The van der Waals surface area contributed by atoms with Gasteiger partial charge in [0.25, 0.3) is 17.2 Å². The number of non-ortho nitro benzene ring substituents is 1. The third-order valence-corrected chi connectivity index (χ3v) is 6.53. The molecule has 4 aromatic rings. The van der Waals surface area contributed by atoms with Crippen molar-refractivity contribution >= 4 is 40.3 Å². The molecule has 36 heavy (non-hydrogen) atoms. The third kappa shape index (κ3) is 4.99. The van der Waals surface area contributed by atoms with Crippen molar-refractivity contribution in [3.8, 4) is 11.8 Å². The van der Waals surface area contributed by atoms with Gasteiger partial charge in [0.15, 0.2) is 5.57 Å². The van der Waals surface area contributed by atoms with Gasteiger partial charge < -0.3 is 5.32 Å². The largest absolute Gasteiger partial charge is 0.321 e. The Morgan fingerprint density at radius 1 is 1.08 bits per heavy atom. The maximum absolute atomic E-state index is 13.4. The lowest BCUT2D eigenvalue weighted by molar-refractivity contribution is -0.384. The summed E-state index contributed by atoms with van der Waals surface area (Å²) in [4.78, 5) is 37.1. The Kier molecular flexibility index (Phi) is 6.90. The highest BCUT2D eigenvalue weighted by molar-refractivity contribution is 7.07. The highest BCUT2D eigenvalue weighted by Crippen LogP contribution is 2.17. The average molecular weight is 497 g/mol. The minimum absolute atomic E-state index is 0.0658. The number of rotatable bonds is 5. The second-order valence-electron chi connectivity index (χ2n) is 8.00. The van der Waals surface area contributed by atoms with Gasteiger partial charge in [-0.25, -0.2) is 0 Å². The first-order valence-electron chi connectivity index (χ1n) is 10.8. The first-order valence-corrected chi connectivity index (χ1v) is 11.7. The van der Waals surface area contributed by atoms with E-state index in [1.54, 1.807) is 36.4 Å². The molecule has 8 nitrogen and oxygen atoms in total. The maximum Gasteiger partial charge on any atom is 0.273 e. The van der Waals surface area contributed by atoms with Crippen LogP contribution in [0, 0.1) is 35.3 Å². The van der Waals surface area contributed by atoms with Crippen LogP contribution in [0.3, 0.4) is 0 Å². The number of nitrogens with zero attached hydrogens (tertiary/aromatic N) is 3. The molecule has 0 spiro atoms. The second kappa shape index (κ2) is 10.2. The first kappa shape index (κ1) is 24.3. The Balaban J connectivity index is 1.93. The standard InChI is InChI=1S/C27H20N4O4S/c1-17-8-9-18(2)23(14-17)29-25(32)22(16-28)27-30(20-6-4-3-5-7-20)26(33)24(36-27)15-19-10-12-21(13-11-19)31(34)35/h3-15H,1-2H3,(H,29,32)/b24-15+,27-22-. The minimum atomic E-state index is -0.626. The molecule has 9 heteroatoms. The number of carbonyl (C=O) groups is 1. The molecule has 1 aromatic heterocycles. The van der Waals surface area contributed by atoms with E-state index >= 15 is 0 Å². The van der Waals surface area contributed by atoms with E-state index in [4.69, 9.17) is 0 Å². The van der Waals surface area contributed by atoms with Gasteiger partial charge >= 0.3 is 0 Å². The Morgan fingerprint density at radius 2 is 1.78 bits per heavy atom. The third-order valence-electron chi connectivity index (χ3n) is 5.43.